The van der Waals surface area contributed by atoms with Crippen LogP contribution in [0.5, 0.6) is 0 Å². The van der Waals surface area contributed by atoms with Crippen LogP contribution >= 0.6 is 0 Å². The summed E-state index contributed by atoms with van der Waals surface area (Å²) >= 11 is 0. The van der Waals surface area contributed by atoms with E-state index in [9.17, 15) is 10.1 Å². The van der Waals surface area contributed by atoms with Crippen molar-refractivity contribution in [3.05, 3.63) is 40.2 Å². The lowest BCUT2D eigenvalue weighted by molar-refractivity contribution is -0.384. The normalized spacial score (nSPS) is 11.2. The number of aryl methyl sites for hydroxylation is 3. The molecule has 0 aliphatic rings. The average Bonchev–Trinajstić information content (AvgIpc) is 2.89. The Hall–Kier alpha value is -2.70. The fourth-order valence-corrected chi connectivity index (χ4v) is 2.35. The monoisotopic (exact) mass is 271 g/mol. The van der Waals surface area contributed by atoms with Crippen LogP contribution in [-0.2, 0) is 14.1 Å². The minimum atomic E-state index is -0.401. The molecule has 20 heavy (non-hydrogen) atoms. The van der Waals surface area contributed by atoms with Crippen molar-refractivity contribution in [3.63, 3.8) is 0 Å². The van der Waals surface area contributed by atoms with Crippen LogP contribution in [0.4, 0.5) is 5.69 Å². The Kier molecular flexibility index (Phi) is 2.56. The summed E-state index contributed by atoms with van der Waals surface area (Å²) in [5, 5.41) is 15.2. The largest absolute Gasteiger partial charge is 0.327 e. The van der Waals surface area contributed by atoms with Crippen molar-refractivity contribution < 1.29 is 4.92 Å². The number of nitrogens with zero attached hydrogens (tertiary/aromatic N) is 5. The van der Waals surface area contributed by atoms with Gasteiger partial charge in [0.05, 0.1) is 27.2 Å². The molecule has 0 bridgehead atoms. The number of benzene rings is 1. The molecule has 102 valence electrons. The smallest absolute Gasteiger partial charge is 0.271 e. The second-order valence-electron chi connectivity index (χ2n) is 4.73. The van der Waals surface area contributed by atoms with E-state index in [1.807, 2.05) is 31.8 Å². The summed E-state index contributed by atoms with van der Waals surface area (Å²) in [6.07, 6.45) is 1.89. The van der Waals surface area contributed by atoms with Crippen LogP contribution in [0.2, 0.25) is 0 Å². The molecule has 0 fully saturated rings. The summed E-state index contributed by atoms with van der Waals surface area (Å²) in [7, 11) is 3.70. The Bertz CT molecular complexity index is 831. The summed E-state index contributed by atoms with van der Waals surface area (Å²) in [5.41, 5.74) is 3.33. The molecule has 0 radical (unpaired) electrons. The lowest BCUT2D eigenvalue weighted by Crippen LogP contribution is -1.93. The first-order valence-corrected chi connectivity index (χ1v) is 6.09. The Morgan fingerprint density at radius 2 is 2.05 bits per heavy atom. The SMILES string of the molecule is Cc1nn(C)cc1-c1nc2ccc([N+](=O)[O-])cc2n1C. The van der Waals surface area contributed by atoms with Gasteiger partial charge in [0.15, 0.2) is 0 Å². The van der Waals surface area contributed by atoms with Gasteiger partial charge in [-0.2, -0.15) is 5.10 Å². The van der Waals surface area contributed by atoms with E-state index in [2.05, 4.69) is 10.1 Å². The third-order valence-electron chi connectivity index (χ3n) is 3.33. The van der Waals surface area contributed by atoms with Crippen LogP contribution in [0.3, 0.4) is 0 Å². The molecule has 7 heteroatoms. The second kappa shape index (κ2) is 4.16. The number of nitro groups is 1. The second-order valence-corrected chi connectivity index (χ2v) is 4.73. The van der Waals surface area contributed by atoms with Crippen LogP contribution < -0.4 is 0 Å². The highest BCUT2D eigenvalue weighted by molar-refractivity contribution is 5.82. The van der Waals surface area contributed by atoms with Crippen molar-refractivity contribution in [2.24, 2.45) is 14.1 Å². The Morgan fingerprint density at radius 1 is 1.30 bits per heavy atom. The van der Waals surface area contributed by atoms with E-state index in [1.165, 1.54) is 12.1 Å². The molecule has 0 saturated heterocycles. The van der Waals surface area contributed by atoms with Crippen LogP contribution in [0.15, 0.2) is 24.4 Å². The zero-order valence-corrected chi connectivity index (χ0v) is 11.4. The first-order chi connectivity index (χ1) is 9.47. The van der Waals surface area contributed by atoms with Gasteiger partial charge >= 0.3 is 0 Å². The summed E-state index contributed by atoms with van der Waals surface area (Å²) in [4.78, 5) is 15.0. The van der Waals surface area contributed by atoms with E-state index >= 15 is 0 Å². The van der Waals surface area contributed by atoms with Crippen molar-refractivity contribution in [2.45, 2.75) is 6.92 Å². The van der Waals surface area contributed by atoms with Gasteiger partial charge in [0.25, 0.3) is 5.69 Å². The van der Waals surface area contributed by atoms with E-state index in [-0.39, 0.29) is 5.69 Å². The number of rotatable bonds is 2. The quantitative estimate of drug-likeness (QED) is 0.528. The maximum atomic E-state index is 10.9. The molecule has 0 unspecified atom stereocenters. The molecule has 2 heterocycles. The van der Waals surface area contributed by atoms with E-state index in [1.54, 1.807) is 10.7 Å². The van der Waals surface area contributed by atoms with Crippen molar-refractivity contribution in [3.8, 4) is 11.4 Å². The third kappa shape index (κ3) is 1.75. The molecular formula is C13H13N5O2. The Labute approximate surface area is 114 Å². The van der Waals surface area contributed by atoms with E-state index < -0.39 is 4.92 Å². The molecule has 2 aromatic heterocycles. The highest BCUT2D eigenvalue weighted by atomic mass is 16.6. The number of aromatic nitrogens is 4. The van der Waals surface area contributed by atoms with Gasteiger partial charge in [-0.05, 0) is 13.0 Å². The number of imidazole rings is 1. The number of hydrogen-bond acceptors (Lipinski definition) is 4. The van der Waals surface area contributed by atoms with Gasteiger partial charge in [-0.1, -0.05) is 0 Å². The molecule has 0 atom stereocenters. The first-order valence-electron chi connectivity index (χ1n) is 6.09. The molecule has 0 amide bonds. The molecular weight excluding hydrogens is 258 g/mol. The summed E-state index contributed by atoms with van der Waals surface area (Å²) in [5.74, 6) is 0.756. The van der Waals surface area contributed by atoms with Crippen LogP contribution in [0, 0.1) is 17.0 Å². The number of non-ortho nitro benzene ring substituents is 1. The standard InChI is InChI=1S/C13H13N5O2/c1-8-10(7-16(2)15-8)13-14-11-5-4-9(18(19)20)6-12(11)17(13)3/h4-7H,1-3H3. The van der Waals surface area contributed by atoms with Gasteiger partial charge in [0, 0.05) is 32.4 Å². The third-order valence-corrected chi connectivity index (χ3v) is 3.33. The fraction of sp³-hybridized carbons (Fsp3) is 0.231. The van der Waals surface area contributed by atoms with Crippen LogP contribution in [0.1, 0.15) is 5.69 Å². The average molecular weight is 271 g/mol. The van der Waals surface area contributed by atoms with E-state index in [4.69, 9.17) is 0 Å². The predicted octanol–water partition coefficient (Wildman–Crippen LogP) is 2.19. The molecule has 0 aliphatic heterocycles. The zero-order chi connectivity index (χ0) is 14.4. The van der Waals surface area contributed by atoms with Gasteiger partial charge in [-0.3, -0.25) is 14.8 Å². The number of nitro benzene ring substituents is 1. The van der Waals surface area contributed by atoms with Gasteiger partial charge in [-0.15, -0.1) is 0 Å². The first kappa shape index (κ1) is 12.3. The maximum Gasteiger partial charge on any atom is 0.271 e. The minimum absolute atomic E-state index is 0.0648. The van der Waals surface area contributed by atoms with Gasteiger partial charge < -0.3 is 4.57 Å². The zero-order valence-electron chi connectivity index (χ0n) is 11.4. The maximum absolute atomic E-state index is 10.9. The van der Waals surface area contributed by atoms with Gasteiger partial charge in [-0.25, -0.2) is 4.98 Å². The van der Waals surface area contributed by atoms with Gasteiger partial charge in [0.2, 0.25) is 0 Å². The molecule has 3 rings (SSSR count). The van der Waals surface area contributed by atoms with E-state index in [0.717, 1.165) is 28.1 Å². The molecule has 0 saturated carbocycles. The highest BCUT2D eigenvalue weighted by Crippen LogP contribution is 2.27. The predicted molar refractivity (Wildman–Crippen MR) is 74.3 cm³/mol. The lowest BCUT2D eigenvalue weighted by Gasteiger charge is -2.00. The molecule has 0 N–H and O–H groups in total. The van der Waals surface area contributed by atoms with Crippen molar-refractivity contribution in [1.29, 1.82) is 0 Å². The van der Waals surface area contributed by atoms with Crippen LogP contribution in [-0.4, -0.2) is 24.3 Å². The Morgan fingerprint density at radius 3 is 2.65 bits per heavy atom. The fourth-order valence-electron chi connectivity index (χ4n) is 2.35. The lowest BCUT2D eigenvalue weighted by atomic mass is 10.2. The summed E-state index contributed by atoms with van der Waals surface area (Å²) < 4.78 is 3.58. The number of fused-ring (bicyclic) bond motifs is 1. The van der Waals surface area contributed by atoms with Crippen LogP contribution in [0.25, 0.3) is 22.4 Å². The molecule has 0 aliphatic carbocycles. The van der Waals surface area contributed by atoms with E-state index in [0.29, 0.717) is 0 Å². The highest BCUT2D eigenvalue weighted by Gasteiger charge is 2.16. The van der Waals surface area contributed by atoms with Crippen molar-refractivity contribution >= 4 is 16.7 Å². The van der Waals surface area contributed by atoms with Gasteiger partial charge in [0.1, 0.15) is 5.82 Å². The number of hydrogen-bond donors (Lipinski definition) is 0. The molecule has 3 aromatic rings. The molecule has 1 aromatic carbocycles. The van der Waals surface area contributed by atoms with Crippen molar-refractivity contribution in [2.75, 3.05) is 0 Å². The summed E-state index contributed by atoms with van der Waals surface area (Å²) in [6.45, 7) is 1.91. The molecule has 7 nitrogen and oxygen atoms in total. The molecule has 0 spiro atoms. The Balaban J connectivity index is 2.25. The topological polar surface area (TPSA) is 78.8 Å². The minimum Gasteiger partial charge on any atom is -0.327 e. The van der Waals surface area contributed by atoms with Crippen molar-refractivity contribution in [1.82, 2.24) is 19.3 Å². The summed E-state index contributed by atoms with van der Waals surface area (Å²) in [6, 6.07) is 4.68.